The minimum Gasteiger partial charge on any atom is -0.423 e. The average molecular weight is 282 g/mol. The van der Waals surface area contributed by atoms with Crippen molar-refractivity contribution in [3.05, 3.63) is 29.3 Å². The molecule has 21 heavy (non-hydrogen) atoms. The Morgan fingerprint density at radius 3 is 1.71 bits per heavy atom. The van der Waals surface area contributed by atoms with Crippen LogP contribution in [0.15, 0.2) is 18.2 Å². The van der Waals surface area contributed by atoms with Gasteiger partial charge >= 0.3 is 7.12 Å². The van der Waals surface area contributed by atoms with Gasteiger partial charge in [0, 0.05) is 24.0 Å². The molecule has 2 N–H and O–H groups in total. The predicted molar refractivity (Wildman–Crippen MR) is 89.1 cm³/mol. The van der Waals surface area contributed by atoms with Crippen LogP contribution in [-0.2, 0) is 0 Å². The van der Waals surface area contributed by atoms with Gasteiger partial charge in [0.05, 0.1) is 0 Å². The molecule has 3 heteroatoms. The Labute approximate surface area is 128 Å². The third-order valence-electron chi connectivity index (χ3n) is 3.03. The highest BCUT2D eigenvalue weighted by Gasteiger charge is 2.12. The molecule has 0 aliphatic rings. The molecule has 0 unspecified atom stereocenters. The van der Waals surface area contributed by atoms with Crippen molar-refractivity contribution in [1.29, 1.82) is 0 Å². The normalized spacial score (nSPS) is 9.33. The molecule has 0 saturated carbocycles. The lowest BCUT2D eigenvalue weighted by atomic mass is 9.78. The molecule has 0 aromatic heterocycles. The third-order valence-corrected chi connectivity index (χ3v) is 3.03. The van der Waals surface area contributed by atoms with Gasteiger partial charge in [-0.25, -0.2) is 0 Å². The second-order valence-electron chi connectivity index (χ2n) is 5.03. The first-order valence-electron chi connectivity index (χ1n) is 7.66. The summed E-state index contributed by atoms with van der Waals surface area (Å²) in [6.07, 6.45) is 6.13. The van der Waals surface area contributed by atoms with E-state index >= 15 is 0 Å². The molecule has 0 amide bonds. The number of unbranched alkanes of at least 4 members (excludes halogenated alkanes) is 4. The molecular formula is C18H23BO2. The monoisotopic (exact) mass is 282 g/mol. The zero-order valence-corrected chi connectivity index (χ0v) is 12.9. The molecule has 0 aliphatic carbocycles. The Morgan fingerprint density at radius 2 is 1.33 bits per heavy atom. The molecule has 1 aromatic rings. The lowest BCUT2D eigenvalue weighted by Crippen LogP contribution is -2.30. The van der Waals surface area contributed by atoms with E-state index in [9.17, 15) is 10.0 Å². The van der Waals surface area contributed by atoms with E-state index < -0.39 is 7.12 Å². The fourth-order valence-corrected chi connectivity index (χ4v) is 1.80. The van der Waals surface area contributed by atoms with Crippen LogP contribution < -0.4 is 5.46 Å². The number of hydrogen-bond donors (Lipinski definition) is 2. The molecule has 0 atom stereocenters. The largest absolute Gasteiger partial charge is 0.488 e. The van der Waals surface area contributed by atoms with Gasteiger partial charge in [-0.2, -0.15) is 0 Å². The number of rotatable bonds is 5. The molecule has 0 radical (unpaired) electrons. The second kappa shape index (κ2) is 10.1. The van der Waals surface area contributed by atoms with Crippen LogP contribution in [0.2, 0.25) is 0 Å². The minimum atomic E-state index is -1.49. The Morgan fingerprint density at radius 1 is 0.857 bits per heavy atom. The van der Waals surface area contributed by atoms with Gasteiger partial charge in [0.15, 0.2) is 0 Å². The maximum atomic E-state index is 9.35. The van der Waals surface area contributed by atoms with E-state index in [4.69, 9.17) is 0 Å². The van der Waals surface area contributed by atoms with Crippen LogP contribution in [0.5, 0.6) is 0 Å². The predicted octanol–water partition coefficient (Wildman–Crippen LogP) is 2.45. The summed E-state index contributed by atoms with van der Waals surface area (Å²) in [5, 5.41) is 18.7. The molecule has 0 saturated heterocycles. The van der Waals surface area contributed by atoms with E-state index in [1.165, 1.54) is 0 Å². The molecule has 0 fully saturated rings. The first-order valence-corrected chi connectivity index (χ1v) is 7.66. The summed E-state index contributed by atoms with van der Waals surface area (Å²) in [7, 11) is -1.49. The van der Waals surface area contributed by atoms with Crippen molar-refractivity contribution in [2.75, 3.05) is 0 Å². The first-order chi connectivity index (χ1) is 10.2. The maximum Gasteiger partial charge on any atom is 0.488 e. The second-order valence-corrected chi connectivity index (χ2v) is 5.03. The van der Waals surface area contributed by atoms with Crippen LogP contribution in [-0.4, -0.2) is 17.2 Å². The van der Waals surface area contributed by atoms with Gasteiger partial charge in [-0.3, -0.25) is 0 Å². The van der Waals surface area contributed by atoms with E-state index in [0.717, 1.165) is 49.7 Å². The summed E-state index contributed by atoms with van der Waals surface area (Å²) in [5.41, 5.74) is 2.02. The van der Waals surface area contributed by atoms with Gasteiger partial charge in [0.1, 0.15) is 0 Å². The van der Waals surface area contributed by atoms with Gasteiger partial charge in [-0.15, -0.1) is 0 Å². The van der Waals surface area contributed by atoms with Gasteiger partial charge in [0.25, 0.3) is 0 Å². The van der Waals surface area contributed by atoms with Crippen molar-refractivity contribution in [3.63, 3.8) is 0 Å². The molecule has 0 aliphatic heterocycles. The highest BCUT2D eigenvalue weighted by Crippen LogP contribution is 2.03. The highest BCUT2D eigenvalue weighted by atomic mass is 16.4. The van der Waals surface area contributed by atoms with E-state index in [-0.39, 0.29) is 0 Å². The van der Waals surface area contributed by atoms with Crippen molar-refractivity contribution in [2.24, 2.45) is 0 Å². The van der Waals surface area contributed by atoms with Crippen molar-refractivity contribution < 1.29 is 10.0 Å². The summed E-state index contributed by atoms with van der Waals surface area (Å²) >= 11 is 0. The summed E-state index contributed by atoms with van der Waals surface area (Å²) in [4.78, 5) is 0. The van der Waals surface area contributed by atoms with Crippen LogP contribution >= 0.6 is 0 Å². The van der Waals surface area contributed by atoms with Crippen LogP contribution in [0, 0.1) is 23.7 Å². The number of benzene rings is 1. The minimum absolute atomic E-state index is 0.442. The Kier molecular flexibility index (Phi) is 8.37. The molecule has 110 valence electrons. The molecule has 2 nitrogen and oxygen atoms in total. The zero-order valence-electron chi connectivity index (χ0n) is 12.9. The lowest BCUT2D eigenvalue weighted by Gasteiger charge is -2.02. The fraction of sp³-hybridized carbons (Fsp3) is 0.444. The van der Waals surface area contributed by atoms with Crippen molar-refractivity contribution in [1.82, 2.24) is 0 Å². The van der Waals surface area contributed by atoms with Gasteiger partial charge in [-0.05, 0) is 36.5 Å². The van der Waals surface area contributed by atoms with Crippen LogP contribution in [0.25, 0.3) is 0 Å². The lowest BCUT2D eigenvalue weighted by molar-refractivity contribution is 0.426. The highest BCUT2D eigenvalue weighted by molar-refractivity contribution is 6.58. The van der Waals surface area contributed by atoms with E-state index in [1.54, 1.807) is 12.1 Å². The van der Waals surface area contributed by atoms with E-state index in [0.29, 0.717) is 5.46 Å². The first kappa shape index (κ1) is 17.4. The quantitative estimate of drug-likeness (QED) is 0.495. The van der Waals surface area contributed by atoms with Crippen molar-refractivity contribution in [3.8, 4) is 23.7 Å². The standard InChI is InChI=1S/C18H23BO2/c1-3-5-7-9-11-16-13-17(12-10-8-6-4-2)15-18(14-16)19(20)21/h13-15,20-21H,3-8H2,1-2H3. The van der Waals surface area contributed by atoms with Gasteiger partial charge in [0.2, 0.25) is 0 Å². The van der Waals surface area contributed by atoms with E-state index in [2.05, 4.69) is 37.5 Å². The van der Waals surface area contributed by atoms with Gasteiger partial charge < -0.3 is 10.0 Å². The SMILES string of the molecule is CCCCC#Cc1cc(C#CCCCC)cc(B(O)O)c1. The maximum absolute atomic E-state index is 9.35. The molecule has 1 rings (SSSR count). The summed E-state index contributed by atoms with van der Waals surface area (Å²) in [5.74, 6) is 12.4. The Bertz CT molecular complexity index is 512. The third kappa shape index (κ3) is 7.05. The topological polar surface area (TPSA) is 40.5 Å². The zero-order chi connectivity index (χ0) is 15.5. The molecule has 0 bridgehead atoms. The summed E-state index contributed by atoms with van der Waals surface area (Å²) < 4.78 is 0. The number of hydrogen-bond acceptors (Lipinski definition) is 2. The average Bonchev–Trinajstić information content (AvgIpc) is 2.48. The van der Waals surface area contributed by atoms with Crippen LogP contribution in [0.3, 0.4) is 0 Å². The molecule has 0 heterocycles. The molecule has 0 spiro atoms. The summed E-state index contributed by atoms with van der Waals surface area (Å²) in [6.45, 7) is 4.27. The van der Waals surface area contributed by atoms with Crippen LogP contribution in [0.4, 0.5) is 0 Å². The van der Waals surface area contributed by atoms with Crippen molar-refractivity contribution in [2.45, 2.75) is 52.4 Å². The Balaban J connectivity index is 2.93. The van der Waals surface area contributed by atoms with Crippen molar-refractivity contribution >= 4 is 12.6 Å². The molecular weight excluding hydrogens is 259 g/mol. The Hall–Kier alpha value is -1.68. The van der Waals surface area contributed by atoms with Crippen LogP contribution in [0.1, 0.15) is 63.5 Å². The smallest absolute Gasteiger partial charge is 0.423 e. The summed E-state index contributed by atoms with van der Waals surface area (Å²) in [6, 6.07) is 5.32. The fourth-order valence-electron chi connectivity index (χ4n) is 1.80. The van der Waals surface area contributed by atoms with Gasteiger partial charge in [-0.1, -0.05) is 50.4 Å². The molecule has 1 aromatic carbocycles. The van der Waals surface area contributed by atoms with E-state index in [1.807, 2.05) is 6.07 Å².